The van der Waals surface area contributed by atoms with Crippen molar-refractivity contribution >= 4 is 63.2 Å². The van der Waals surface area contributed by atoms with Crippen molar-refractivity contribution < 1.29 is 0 Å². The molecule has 5 heterocycles. The van der Waals surface area contributed by atoms with Gasteiger partial charge in [-0.15, -0.1) is 0 Å². The molecular formula is C106H107N9. The summed E-state index contributed by atoms with van der Waals surface area (Å²) in [6.45, 7) is 41.5. The number of nitrogens with zero attached hydrogens (tertiary/aromatic N) is 7. The molecule has 576 valence electrons. The summed E-state index contributed by atoms with van der Waals surface area (Å²) in [5, 5.41) is 42.5. The molecule has 0 amide bonds. The summed E-state index contributed by atoms with van der Waals surface area (Å²) < 4.78 is 0. The predicted molar refractivity (Wildman–Crippen MR) is 479 cm³/mol. The maximum Gasteiger partial charge on any atom is 0.136 e. The van der Waals surface area contributed by atoms with Crippen molar-refractivity contribution in [1.29, 1.82) is 21.0 Å². The number of nitriles is 4. The lowest BCUT2D eigenvalue weighted by Crippen LogP contribution is -2.46. The normalized spacial score (nSPS) is 16.0. The SMILES string of the molecule is CN(C)c1ccc(C(C(=C(C#N)C#N)C23CCC(c4ccc(C#Cc5ccc(-c6c7nc(c(-c8cc(C(C)(C)C)cc(C(C)(C)C)c8)c8ccc([nH]8)c(-c8cc(C(C)(C)C)cc(C(C)(C)C)c8)c8nc(c(-c9cc(C(C)(C)C)cc(C(C)(C)C)c9)c9ccc6[nH]9)C=C8)C=C7)cc5)cc4)(CC2)CC3)=c2ccc(=C(C#N)C#N)cc2)cc1. The molecule has 0 saturated heterocycles. The van der Waals surface area contributed by atoms with E-state index in [0.717, 1.165) is 167 Å². The second-order valence-electron chi connectivity index (χ2n) is 38.8. The lowest BCUT2D eigenvalue weighted by Gasteiger charge is -2.55. The van der Waals surface area contributed by atoms with Crippen LogP contribution in [0.2, 0.25) is 0 Å². The average molecular weight is 1510 g/mol. The third-order valence-electron chi connectivity index (χ3n) is 24.5. The first-order chi connectivity index (χ1) is 54.3. The molecule has 10 aromatic rings. The van der Waals surface area contributed by atoms with Gasteiger partial charge in [0.2, 0.25) is 0 Å². The van der Waals surface area contributed by atoms with Gasteiger partial charge in [0, 0.05) is 80.4 Å². The van der Waals surface area contributed by atoms with Crippen LogP contribution in [0, 0.1) is 62.6 Å². The smallest absolute Gasteiger partial charge is 0.136 e. The van der Waals surface area contributed by atoms with Crippen LogP contribution in [0.4, 0.5) is 5.69 Å². The number of benzene rings is 7. The Kier molecular flexibility index (Phi) is 20.6. The molecule has 0 spiro atoms. The largest absolute Gasteiger partial charge is 0.378 e. The Morgan fingerprint density at radius 3 is 0.991 bits per heavy atom. The highest BCUT2D eigenvalue weighted by Gasteiger charge is 2.52. The fourth-order valence-electron chi connectivity index (χ4n) is 17.2. The molecule has 3 aliphatic carbocycles. The number of H-pyrrole nitrogens is 2. The van der Waals surface area contributed by atoms with E-state index in [1.807, 2.05) is 43.3 Å². The lowest BCUT2D eigenvalue weighted by atomic mass is 9.49. The molecule has 3 saturated carbocycles. The number of anilines is 1. The van der Waals surface area contributed by atoms with Gasteiger partial charge in [-0.05, 0) is 250 Å². The number of nitrogens with one attached hydrogen (secondary N) is 2. The van der Waals surface area contributed by atoms with Gasteiger partial charge in [0.15, 0.2) is 0 Å². The Hall–Kier alpha value is -12.1. The molecule has 0 unspecified atom stereocenters. The summed E-state index contributed by atoms with van der Waals surface area (Å²) in [5.41, 5.74) is 28.5. The van der Waals surface area contributed by atoms with Crippen molar-refractivity contribution in [3.8, 4) is 80.6 Å². The zero-order valence-electron chi connectivity index (χ0n) is 70.9. The first kappa shape index (κ1) is 79.6. The molecule has 0 radical (unpaired) electrons. The van der Waals surface area contributed by atoms with Crippen LogP contribution >= 0.6 is 0 Å². The number of fused-ring (bicyclic) bond motifs is 11. The van der Waals surface area contributed by atoms with E-state index in [0.29, 0.717) is 5.22 Å². The van der Waals surface area contributed by atoms with Gasteiger partial charge in [0.25, 0.3) is 0 Å². The highest BCUT2D eigenvalue weighted by atomic mass is 15.1. The maximum absolute atomic E-state index is 10.8. The standard InChI is InChI=1S/C106H107N9/c1-99(2,3)78-53-72(54-79(59-78)100(4,5)6)95-87-41-39-85(111-87)94(86-40-42-88(112-86)96(73-55-80(101(7,8)9)60-81(56-73)102(10,11)12)90-44-46-92(114-90)97(91-45-43-89(95)113-91)74-57-82(103(13,14)15)61-83(58-74)104(16,17)18)71-27-23-66(24-28-71)21-22-67-25-35-77(36-26-67)105-47-50-106(51-48-105,52-49-105)98(76(64-109)65-110)93(70-33-37-84(38-34-70)115(19)20)69-31-29-68(30-32-69)75(62-107)63-108/h23-46,53-61,111,114H,47-52H2,1-20H3. The molecule has 2 N–H and O–H groups in total. The summed E-state index contributed by atoms with van der Waals surface area (Å²) in [7, 11) is 4.00. The zero-order valence-corrected chi connectivity index (χ0v) is 70.9. The topological polar surface area (TPSA) is 156 Å². The third kappa shape index (κ3) is 15.8. The Bertz CT molecular complexity index is 6020. The van der Waals surface area contributed by atoms with Crippen molar-refractivity contribution in [2.75, 3.05) is 19.0 Å². The van der Waals surface area contributed by atoms with Crippen LogP contribution in [0.25, 0.3) is 102 Å². The van der Waals surface area contributed by atoms with Gasteiger partial charge in [-0.25, -0.2) is 9.97 Å². The summed E-state index contributed by atoms with van der Waals surface area (Å²) in [6.07, 6.45) is 14.0. The quantitative estimate of drug-likeness (QED) is 0.108. The maximum atomic E-state index is 10.8. The summed E-state index contributed by atoms with van der Waals surface area (Å²) >= 11 is 0. The van der Waals surface area contributed by atoms with Gasteiger partial charge in [0.05, 0.1) is 22.8 Å². The van der Waals surface area contributed by atoms with Crippen molar-refractivity contribution in [3.05, 3.63) is 276 Å². The van der Waals surface area contributed by atoms with Gasteiger partial charge in [-0.3, -0.25) is 0 Å². The van der Waals surface area contributed by atoms with E-state index < -0.39 is 5.41 Å². The second kappa shape index (κ2) is 29.7. The number of allylic oxidation sites excluding steroid dienone is 2. The van der Waals surface area contributed by atoms with E-state index in [2.05, 4.69) is 335 Å². The van der Waals surface area contributed by atoms with Gasteiger partial charge in [-0.2, -0.15) is 21.0 Å². The Morgan fingerprint density at radius 2 is 0.678 bits per heavy atom. The van der Waals surface area contributed by atoms with Gasteiger partial charge in [-0.1, -0.05) is 252 Å². The number of rotatable bonds is 9. The zero-order chi connectivity index (χ0) is 82.3. The minimum atomic E-state index is -0.427. The summed E-state index contributed by atoms with van der Waals surface area (Å²) in [5.74, 6) is 7.09. The van der Waals surface area contributed by atoms with E-state index in [-0.39, 0.29) is 49.1 Å². The third-order valence-corrected chi connectivity index (χ3v) is 24.5. The highest BCUT2D eigenvalue weighted by Crippen LogP contribution is 2.63. The van der Waals surface area contributed by atoms with Crippen molar-refractivity contribution in [3.63, 3.8) is 0 Å². The Morgan fingerprint density at radius 1 is 0.357 bits per heavy atom. The minimum absolute atomic E-state index is 0.0252. The van der Waals surface area contributed by atoms with Crippen LogP contribution in [0.15, 0.2) is 187 Å². The van der Waals surface area contributed by atoms with Gasteiger partial charge < -0.3 is 14.9 Å². The fourth-order valence-corrected chi connectivity index (χ4v) is 17.2. The molecular weight excluding hydrogens is 1400 g/mol. The molecule has 2 aliphatic heterocycles. The highest BCUT2D eigenvalue weighted by molar-refractivity contribution is 6.00. The van der Waals surface area contributed by atoms with Crippen LogP contribution in [0.5, 0.6) is 0 Å². The summed E-state index contributed by atoms with van der Waals surface area (Å²) in [6, 6.07) is 72.4. The van der Waals surface area contributed by atoms with Crippen LogP contribution < -0.4 is 15.3 Å². The van der Waals surface area contributed by atoms with Crippen LogP contribution in [-0.2, 0) is 37.9 Å². The molecule has 3 aromatic heterocycles. The molecule has 10 bridgehead atoms. The van der Waals surface area contributed by atoms with Crippen LogP contribution in [0.1, 0.15) is 242 Å². The van der Waals surface area contributed by atoms with Crippen LogP contribution in [0.3, 0.4) is 0 Å². The first-order valence-electron chi connectivity index (χ1n) is 40.7. The van der Waals surface area contributed by atoms with Gasteiger partial charge >= 0.3 is 0 Å². The van der Waals surface area contributed by atoms with E-state index in [4.69, 9.17) is 9.97 Å². The predicted octanol–water partition coefficient (Wildman–Crippen LogP) is 24.6. The van der Waals surface area contributed by atoms with E-state index in [1.165, 1.54) is 38.9 Å². The number of aromatic amines is 2. The molecule has 5 aliphatic rings. The van der Waals surface area contributed by atoms with E-state index in [1.54, 1.807) is 12.1 Å². The van der Waals surface area contributed by atoms with Crippen molar-refractivity contribution in [1.82, 2.24) is 19.9 Å². The molecule has 9 nitrogen and oxygen atoms in total. The molecule has 9 heteroatoms. The second-order valence-corrected chi connectivity index (χ2v) is 38.8. The van der Waals surface area contributed by atoms with Crippen molar-refractivity contribution in [2.45, 2.75) is 201 Å². The number of hydrogen-bond acceptors (Lipinski definition) is 7. The molecule has 7 aromatic carbocycles. The Labute approximate surface area is 682 Å². The molecule has 15 rings (SSSR count). The lowest BCUT2D eigenvalue weighted by molar-refractivity contribution is 0.0729. The number of hydrogen-bond donors (Lipinski definition) is 2. The van der Waals surface area contributed by atoms with E-state index >= 15 is 0 Å². The van der Waals surface area contributed by atoms with E-state index in [9.17, 15) is 21.0 Å². The molecule has 3 fully saturated rings. The first-order valence-corrected chi connectivity index (χ1v) is 40.7. The van der Waals surface area contributed by atoms with Crippen molar-refractivity contribution in [2.24, 2.45) is 5.41 Å². The van der Waals surface area contributed by atoms with Gasteiger partial charge in [0.1, 0.15) is 35.4 Å². The van der Waals surface area contributed by atoms with Crippen LogP contribution in [-0.4, -0.2) is 34.0 Å². The fraction of sp³-hybridized carbons (Fsp3) is 0.321. The average Bonchev–Trinajstić information content (AvgIpc) is 1.25. The summed E-state index contributed by atoms with van der Waals surface area (Å²) in [4.78, 5) is 22.0. The monoisotopic (exact) mass is 1510 g/mol. The molecule has 115 heavy (non-hydrogen) atoms. The number of aromatic nitrogens is 4. The molecule has 0 atom stereocenters. The Balaban J connectivity index is 0.895. The minimum Gasteiger partial charge on any atom is -0.378 e.